The van der Waals surface area contributed by atoms with Gasteiger partial charge in [-0.3, -0.25) is 0 Å². The molecule has 0 heterocycles. The number of allylic oxidation sites excluding steroid dienone is 4. The normalized spacial score (nSPS) is 19.1. The first kappa shape index (κ1) is 8.38. The van der Waals surface area contributed by atoms with Gasteiger partial charge in [0.1, 0.15) is 0 Å². The zero-order valence-corrected chi connectivity index (χ0v) is 7.52. The van der Waals surface area contributed by atoms with Gasteiger partial charge in [0, 0.05) is 6.42 Å². The van der Waals surface area contributed by atoms with Crippen LogP contribution >= 0.6 is 0 Å². The molecule has 1 aliphatic rings. The summed E-state index contributed by atoms with van der Waals surface area (Å²) in [4.78, 5) is 0. The first-order chi connectivity index (χ1) is 5.11. The van der Waals surface area contributed by atoms with Crippen molar-refractivity contribution < 1.29 is 5.11 Å². The molecule has 0 spiro atoms. The molecule has 1 heteroatoms. The van der Waals surface area contributed by atoms with E-state index in [2.05, 4.69) is 20.8 Å². The fourth-order valence-electron chi connectivity index (χ4n) is 1.62. The lowest BCUT2D eigenvalue weighted by atomic mass is 9.89. The first-order valence-electron chi connectivity index (χ1n) is 4.20. The van der Waals surface area contributed by atoms with Gasteiger partial charge in [-0.25, -0.2) is 0 Å². The molecule has 0 saturated heterocycles. The fourth-order valence-corrected chi connectivity index (χ4v) is 1.62. The summed E-state index contributed by atoms with van der Waals surface area (Å²) < 4.78 is 0. The molecule has 0 saturated carbocycles. The minimum atomic E-state index is 0.534. The van der Waals surface area contributed by atoms with Crippen LogP contribution in [0.3, 0.4) is 0 Å². The molecule has 0 aliphatic heterocycles. The van der Waals surface area contributed by atoms with Crippen LogP contribution < -0.4 is 0 Å². The second-order valence-electron chi connectivity index (χ2n) is 3.50. The molecule has 62 valence electrons. The Kier molecular flexibility index (Phi) is 2.38. The van der Waals surface area contributed by atoms with E-state index in [0.29, 0.717) is 11.7 Å². The summed E-state index contributed by atoms with van der Waals surface area (Å²) in [5.74, 6) is 1.16. The Bertz CT molecular complexity index is 209. The molecule has 0 unspecified atom stereocenters. The summed E-state index contributed by atoms with van der Waals surface area (Å²) in [6.07, 6.45) is 3.75. The topological polar surface area (TPSA) is 20.2 Å². The highest BCUT2D eigenvalue weighted by molar-refractivity contribution is 5.30. The van der Waals surface area contributed by atoms with E-state index in [-0.39, 0.29) is 0 Å². The second kappa shape index (κ2) is 3.12. The third-order valence-electron chi connectivity index (χ3n) is 2.24. The molecule has 0 bridgehead atoms. The molecule has 0 fully saturated rings. The average molecular weight is 152 g/mol. The minimum absolute atomic E-state index is 0.534. The molecule has 0 aromatic rings. The lowest BCUT2D eigenvalue weighted by Crippen LogP contribution is -2.02. The van der Waals surface area contributed by atoms with Crippen molar-refractivity contribution in [1.29, 1.82) is 0 Å². The van der Waals surface area contributed by atoms with E-state index < -0.39 is 0 Å². The van der Waals surface area contributed by atoms with Gasteiger partial charge in [-0.15, -0.1) is 0 Å². The van der Waals surface area contributed by atoms with Crippen LogP contribution in [0.25, 0.3) is 0 Å². The highest BCUT2D eigenvalue weighted by atomic mass is 16.3. The van der Waals surface area contributed by atoms with Gasteiger partial charge in [0.15, 0.2) is 0 Å². The monoisotopic (exact) mass is 152 g/mol. The van der Waals surface area contributed by atoms with Crippen LogP contribution in [0, 0.1) is 5.92 Å². The molecule has 0 aromatic heterocycles. The molecular weight excluding hydrogens is 136 g/mol. The highest BCUT2D eigenvalue weighted by Gasteiger charge is 2.11. The third kappa shape index (κ3) is 1.86. The fraction of sp³-hybridized carbons (Fsp3) is 0.600. The molecule has 1 rings (SSSR count). The van der Waals surface area contributed by atoms with Crippen molar-refractivity contribution in [3.8, 4) is 0 Å². The van der Waals surface area contributed by atoms with Crippen LogP contribution in [0.15, 0.2) is 23.0 Å². The first-order valence-corrected chi connectivity index (χ1v) is 4.20. The smallest absolute Gasteiger partial charge is 0.0928 e. The molecule has 1 aliphatic carbocycles. The van der Waals surface area contributed by atoms with Crippen molar-refractivity contribution in [2.24, 2.45) is 5.92 Å². The minimum Gasteiger partial charge on any atom is -0.512 e. The number of rotatable bonds is 1. The summed E-state index contributed by atoms with van der Waals surface area (Å²) in [5.41, 5.74) is 2.74. The van der Waals surface area contributed by atoms with Crippen molar-refractivity contribution >= 4 is 0 Å². The summed E-state index contributed by atoms with van der Waals surface area (Å²) in [7, 11) is 0. The predicted molar refractivity (Wildman–Crippen MR) is 47.5 cm³/mol. The van der Waals surface area contributed by atoms with Crippen molar-refractivity contribution in [3.63, 3.8) is 0 Å². The summed E-state index contributed by atoms with van der Waals surface area (Å²) in [6.45, 7) is 6.48. The van der Waals surface area contributed by atoms with Crippen LogP contribution in [0.5, 0.6) is 0 Å². The average Bonchev–Trinajstić information content (AvgIpc) is 1.85. The highest BCUT2D eigenvalue weighted by Crippen LogP contribution is 2.27. The Morgan fingerprint density at radius 2 is 2.00 bits per heavy atom. The molecular formula is C10H16O. The van der Waals surface area contributed by atoms with Gasteiger partial charge in [-0.1, -0.05) is 19.4 Å². The van der Waals surface area contributed by atoms with E-state index in [1.165, 1.54) is 11.1 Å². The quantitative estimate of drug-likeness (QED) is 0.611. The Hall–Kier alpha value is -0.720. The standard InChI is InChI=1S/C10H16O/c1-7(2)10-5-4-9(11)6-8(10)3/h6-7,11H,4-5H2,1-3H3. The van der Waals surface area contributed by atoms with Gasteiger partial charge in [0.05, 0.1) is 5.76 Å². The van der Waals surface area contributed by atoms with Crippen molar-refractivity contribution in [1.82, 2.24) is 0 Å². The molecule has 0 atom stereocenters. The van der Waals surface area contributed by atoms with E-state index in [4.69, 9.17) is 0 Å². The number of aliphatic hydroxyl groups excluding tert-OH is 1. The van der Waals surface area contributed by atoms with Crippen molar-refractivity contribution in [2.45, 2.75) is 33.6 Å². The number of hydrogen-bond donors (Lipinski definition) is 1. The lowest BCUT2D eigenvalue weighted by Gasteiger charge is -2.18. The molecule has 1 nitrogen and oxygen atoms in total. The van der Waals surface area contributed by atoms with Gasteiger partial charge in [0.2, 0.25) is 0 Å². The zero-order valence-electron chi connectivity index (χ0n) is 7.52. The zero-order chi connectivity index (χ0) is 8.43. The Balaban J connectivity index is 2.86. The second-order valence-corrected chi connectivity index (χ2v) is 3.50. The van der Waals surface area contributed by atoms with E-state index >= 15 is 0 Å². The molecule has 1 N–H and O–H groups in total. The van der Waals surface area contributed by atoms with Gasteiger partial charge in [-0.2, -0.15) is 0 Å². The Morgan fingerprint density at radius 1 is 1.36 bits per heavy atom. The van der Waals surface area contributed by atoms with E-state index in [9.17, 15) is 5.11 Å². The van der Waals surface area contributed by atoms with E-state index in [1.54, 1.807) is 0 Å². The maximum atomic E-state index is 9.21. The van der Waals surface area contributed by atoms with Crippen LogP contribution in [-0.2, 0) is 0 Å². The maximum absolute atomic E-state index is 9.21. The van der Waals surface area contributed by atoms with Crippen LogP contribution in [-0.4, -0.2) is 5.11 Å². The van der Waals surface area contributed by atoms with Gasteiger partial charge < -0.3 is 5.11 Å². The Morgan fingerprint density at radius 3 is 2.45 bits per heavy atom. The predicted octanol–water partition coefficient (Wildman–Crippen LogP) is 3.19. The third-order valence-corrected chi connectivity index (χ3v) is 2.24. The number of hydrogen-bond acceptors (Lipinski definition) is 1. The van der Waals surface area contributed by atoms with Gasteiger partial charge in [-0.05, 0) is 30.9 Å². The SMILES string of the molecule is CC1=C(C(C)C)CCC(O)=C1. The molecule has 0 radical (unpaired) electrons. The maximum Gasteiger partial charge on any atom is 0.0928 e. The largest absolute Gasteiger partial charge is 0.512 e. The Labute approximate surface area is 68.4 Å². The van der Waals surface area contributed by atoms with Crippen molar-refractivity contribution in [3.05, 3.63) is 23.0 Å². The van der Waals surface area contributed by atoms with Gasteiger partial charge >= 0.3 is 0 Å². The van der Waals surface area contributed by atoms with E-state index in [1.807, 2.05) is 6.08 Å². The lowest BCUT2D eigenvalue weighted by molar-refractivity contribution is 0.381. The van der Waals surface area contributed by atoms with Crippen LogP contribution in [0.4, 0.5) is 0 Å². The van der Waals surface area contributed by atoms with Crippen molar-refractivity contribution in [2.75, 3.05) is 0 Å². The summed E-state index contributed by atoms with van der Waals surface area (Å²) >= 11 is 0. The molecule has 11 heavy (non-hydrogen) atoms. The molecule has 0 aromatic carbocycles. The van der Waals surface area contributed by atoms with Crippen LogP contribution in [0.2, 0.25) is 0 Å². The van der Waals surface area contributed by atoms with E-state index in [0.717, 1.165) is 12.8 Å². The summed E-state index contributed by atoms with van der Waals surface area (Å²) in [5, 5.41) is 9.21. The van der Waals surface area contributed by atoms with Gasteiger partial charge in [0.25, 0.3) is 0 Å². The van der Waals surface area contributed by atoms with Crippen LogP contribution in [0.1, 0.15) is 33.6 Å². The molecule has 0 amide bonds. The number of aliphatic hydroxyl groups is 1. The summed E-state index contributed by atoms with van der Waals surface area (Å²) in [6, 6.07) is 0.